The molecule has 1 amide bonds. The van der Waals surface area contributed by atoms with Gasteiger partial charge in [0.05, 0.1) is 34.4 Å². The number of carbonyl (C=O) groups is 1. The largest absolute Gasteiger partial charge is 0.325 e. The molecule has 11 heteroatoms. The maximum atomic E-state index is 12.9. The minimum absolute atomic E-state index is 0.262. The summed E-state index contributed by atoms with van der Waals surface area (Å²) in [5.74, 6) is -0.281. The first-order chi connectivity index (χ1) is 14.6. The minimum atomic E-state index is -3.40. The molecule has 0 spiro atoms. The Morgan fingerprint density at radius 1 is 1.19 bits per heavy atom. The summed E-state index contributed by atoms with van der Waals surface area (Å²) in [5, 5.41) is 4.46. The number of benzene rings is 1. The molecular formula is C20H21N5O4S2. The molecule has 162 valence electrons. The first-order valence-electron chi connectivity index (χ1n) is 9.59. The van der Waals surface area contributed by atoms with E-state index < -0.39 is 15.4 Å². The first-order valence-corrected chi connectivity index (χ1v) is 12.0. The number of aromatic nitrogens is 3. The molecule has 9 nitrogen and oxygen atoms in total. The number of H-pyrrole nitrogens is 1. The van der Waals surface area contributed by atoms with Crippen LogP contribution >= 0.6 is 11.3 Å². The van der Waals surface area contributed by atoms with Crippen molar-refractivity contribution in [2.75, 3.05) is 10.0 Å². The van der Waals surface area contributed by atoms with Crippen LogP contribution in [-0.2, 0) is 20.2 Å². The number of anilines is 2. The lowest BCUT2D eigenvalue weighted by Crippen LogP contribution is -2.35. The van der Waals surface area contributed by atoms with Crippen molar-refractivity contribution in [3.63, 3.8) is 0 Å². The van der Waals surface area contributed by atoms with Crippen molar-refractivity contribution in [2.24, 2.45) is 0 Å². The van der Waals surface area contributed by atoms with E-state index in [9.17, 15) is 18.0 Å². The number of carbonyl (C=O) groups excluding carboxylic acids is 1. The summed E-state index contributed by atoms with van der Waals surface area (Å²) < 4.78 is 26.7. The Bertz CT molecular complexity index is 1280. The molecule has 1 aromatic carbocycles. The van der Waals surface area contributed by atoms with Crippen LogP contribution in [0.3, 0.4) is 0 Å². The summed E-state index contributed by atoms with van der Waals surface area (Å²) in [6.07, 6.45) is 4.07. The molecule has 3 aromatic rings. The van der Waals surface area contributed by atoms with Gasteiger partial charge in [-0.05, 0) is 44.4 Å². The van der Waals surface area contributed by atoms with Gasteiger partial charge in [0.1, 0.15) is 0 Å². The molecule has 2 heterocycles. The second-order valence-corrected chi connectivity index (χ2v) is 10.7. The predicted octanol–water partition coefficient (Wildman–Crippen LogP) is 2.71. The molecule has 0 atom stereocenters. The molecular weight excluding hydrogens is 438 g/mol. The number of aromatic amines is 1. The van der Waals surface area contributed by atoms with E-state index in [1.54, 1.807) is 49.7 Å². The van der Waals surface area contributed by atoms with E-state index in [0.29, 0.717) is 29.9 Å². The molecule has 31 heavy (non-hydrogen) atoms. The number of nitrogens with one attached hydrogen (secondary N) is 3. The van der Waals surface area contributed by atoms with Crippen LogP contribution in [0.4, 0.5) is 10.8 Å². The maximum absolute atomic E-state index is 12.9. The zero-order valence-electron chi connectivity index (χ0n) is 16.9. The smallest absolute Gasteiger partial charge is 0.266 e. The van der Waals surface area contributed by atoms with Crippen molar-refractivity contribution >= 4 is 38.1 Å². The normalized spacial score (nSPS) is 14.3. The van der Waals surface area contributed by atoms with Crippen LogP contribution in [0.5, 0.6) is 0 Å². The topological polar surface area (TPSA) is 134 Å². The van der Waals surface area contributed by atoms with Crippen molar-refractivity contribution in [3.8, 4) is 11.3 Å². The van der Waals surface area contributed by atoms with Crippen LogP contribution in [0.2, 0.25) is 0 Å². The molecule has 0 radical (unpaired) electrons. The van der Waals surface area contributed by atoms with Gasteiger partial charge in [0.25, 0.3) is 5.56 Å². The summed E-state index contributed by atoms with van der Waals surface area (Å²) in [5.41, 5.74) is 1.13. The monoisotopic (exact) mass is 459 g/mol. The van der Waals surface area contributed by atoms with Crippen LogP contribution in [0.1, 0.15) is 32.4 Å². The average molecular weight is 460 g/mol. The Morgan fingerprint density at radius 2 is 1.90 bits per heavy atom. The lowest BCUT2D eigenvalue weighted by Gasteiger charge is -2.21. The lowest BCUT2D eigenvalue weighted by molar-refractivity contribution is -0.120. The summed E-state index contributed by atoms with van der Waals surface area (Å²) in [6, 6.07) is 6.99. The molecule has 0 bridgehead atoms. The summed E-state index contributed by atoms with van der Waals surface area (Å²) in [7, 11) is -3.40. The molecule has 3 N–H and O–H groups in total. The number of amides is 1. The van der Waals surface area contributed by atoms with E-state index in [-0.39, 0.29) is 21.8 Å². The molecule has 1 fully saturated rings. The lowest BCUT2D eigenvalue weighted by atomic mass is 9.89. The fraction of sp³-hybridized carbons (Fsp3) is 0.300. The van der Waals surface area contributed by atoms with Gasteiger partial charge >= 0.3 is 0 Å². The Balaban J connectivity index is 1.45. The Morgan fingerprint density at radius 3 is 2.55 bits per heavy atom. The highest BCUT2D eigenvalue weighted by atomic mass is 32.2. The van der Waals surface area contributed by atoms with Crippen molar-refractivity contribution in [2.45, 2.75) is 37.4 Å². The molecule has 0 saturated heterocycles. The fourth-order valence-corrected chi connectivity index (χ4v) is 5.33. The van der Waals surface area contributed by atoms with Crippen molar-refractivity contribution in [1.29, 1.82) is 0 Å². The van der Waals surface area contributed by atoms with Gasteiger partial charge in [-0.2, -0.15) is 0 Å². The quantitative estimate of drug-likeness (QED) is 0.497. The van der Waals surface area contributed by atoms with E-state index in [0.717, 1.165) is 16.9 Å². The SMILES string of the molecule is CC(C)(C(=O)Nc1ccc(-c2cncc(=O)[nH]2)cc1)c1csc(NS(=O)(=O)C2CC2)n1. The van der Waals surface area contributed by atoms with Crippen LogP contribution in [0, 0.1) is 0 Å². The van der Waals surface area contributed by atoms with Gasteiger partial charge in [-0.1, -0.05) is 12.1 Å². The van der Waals surface area contributed by atoms with Gasteiger partial charge in [0, 0.05) is 11.1 Å². The van der Waals surface area contributed by atoms with Crippen LogP contribution in [0.25, 0.3) is 11.3 Å². The standard InChI is InChI=1S/C20H21N5O4S2/c1-20(2,16-11-30-19(24-16)25-31(28,29)14-7-8-14)18(27)22-13-5-3-12(4-6-13)15-9-21-10-17(26)23-15/h3-6,9-11,14H,7-8H2,1-2H3,(H,22,27)(H,23,26)(H,24,25). The van der Waals surface area contributed by atoms with Gasteiger partial charge in [-0.15, -0.1) is 11.3 Å². The summed E-state index contributed by atoms with van der Waals surface area (Å²) >= 11 is 1.16. The molecule has 1 saturated carbocycles. The summed E-state index contributed by atoms with van der Waals surface area (Å²) in [4.78, 5) is 35.2. The van der Waals surface area contributed by atoms with Crippen molar-refractivity contribution < 1.29 is 13.2 Å². The molecule has 0 aliphatic heterocycles. The maximum Gasteiger partial charge on any atom is 0.266 e. The Hall–Kier alpha value is -3.05. The second-order valence-electron chi connectivity index (χ2n) is 7.85. The van der Waals surface area contributed by atoms with E-state index in [1.807, 2.05) is 0 Å². The zero-order valence-corrected chi connectivity index (χ0v) is 18.5. The van der Waals surface area contributed by atoms with Gasteiger partial charge in [0.2, 0.25) is 15.9 Å². The minimum Gasteiger partial charge on any atom is -0.325 e. The number of hydrogen-bond acceptors (Lipinski definition) is 7. The Labute approximate surface area is 183 Å². The van der Waals surface area contributed by atoms with Crippen LogP contribution in [-0.4, -0.2) is 34.5 Å². The average Bonchev–Trinajstić information content (AvgIpc) is 3.49. The number of hydrogen-bond donors (Lipinski definition) is 3. The molecule has 0 unspecified atom stereocenters. The highest BCUT2D eigenvalue weighted by molar-refractivity contribution is 7.93. The predicted molar refractivity (Wildman–Crippen MR) is 120 cm³/mol. The van der Waals surface area contributed by atoms with Gasteiger partial charge in [-0.25, -0.2) is 13.4 Å². The molecule has 1 aliphatic rings. The Kier molecular flexibility index (Phi) is 5.40. The van der Waals surface area contributed by atoms with Gasteiger partial charge < -0.3 is 10.3 Å². The van der Waals surface area contributed by atoms with E-state index in [1.165, 1.54) is 6.20 Å². The third-order valence-corrected chi connectivity index (χ3v) is 7.73. The van der Waals surface area contributed by atoms with Gasteiger partial charge in [0.15, 0.2) is 5.13 Å². The molecule has 2 aromatic heterocycles. The third-order valence-electron chi connectivity index (χ3n) is 5.01. The molecule has 1 aliphatic carbocycles. The van der Waals surface area contributed by atoms with Crippen LogP contribution in [0.15, 0.2) is 46.8 Å². The number of sulfonamides is 1. The fourth-order valence-electron chi connectivity index (χ4n) is 2.85. The van der Waals surface area contributed by atoms with Crippen molar-refractivity contribution in [3.05, 3.63) is 58.1 Å². The van der Waals surface area contributed by atoms with E-state index >= 15 is 0 Å². The summed E-state index contributed by atoms with van der Waals surface area (Å²) in [6.45, 7) is 3.45. The van der Waals surface area contributed by atoms with Gasteiger partial charge in [-0.3, -0.25) is 19.3 Å². The highest BCUT2D eigenvalue weighted by Gasteiger charge is 2.37. The number of rotatable bonds is 7. The molecule has 4 rings (SSSR count). The van der Waals surface area contributed by atoms with E-state index in [4.69, 9.17) is 0 Å². The van der Waals surface area contributed by atoms with Crippen molar-refractivity contribution in [1.82, 2.24) is 15.0 Å². The second kappa shape index (κ2) is 7.89. The van der Waals surface area contributed by atoms with Crippen LogP contribution < -0.4 is 15.6 Å². The first kappa shape index (κ1) is 21.2. The van der Waals surface area contributed by atoms with E-state index in [2.05, 4.69) is 25.0 Å². The third kappa shape index (κ3) is 4.67. The number of nitrogens with zero attached hydrogens (tertiary/aromatic N) is 2. The zero-order chi connectivity index (χ0) is 22.2. The highest BCUT2D eigenvalue weighted by Crippen LogP contribution is 2.33. The number of thiazole rings is 1.